The number of hydrogen-bond donors (Lipinski definition) is 4. The zero-order chi connectivity index (χ0) is 14.2. The van der Waals surface area contributed by atoms with Gasteiger partial charge in [-0.1, -0.05) is 36.4 Å². The fourth-order valence-corrected chi connectivity index (χ4v) is 2.06. The average Bonchev–Trinajstić information content (AvgIpc) is 2.52. The molecule has 106 valence electrons. The minimum Gasteiger partial charge on any atom is -0.392 e. The molecule has 4 heteroatoms. The summed E-state index contributed by atoms with van der Waals surface area (Å²) in [5, 5.41) is 25.0. The van der Waals surface area contributed by atoms with E-state index < -0.39 is 0 Å². The molecule has 0 unspecified atom stereocenters. The highest BCUT2D eigenvalue weighted by molar-refractivity contribution is 5.52. The summed E-state index contributed by atoms with van der Waals surface area (Å²) < 4.78 is 0. The Balaban J connectivity index is 1.84. The molecule has 0 aromatic heterocycles. The predicted molar refractivity (Wildman–Crippen MR) is 81.7 cm³/mol. The van der Waals surface area contributed by atoms with Crippen molar-refractivity contribution in [2.75, 3.05) is 23.7 Å². The number of anilines is 2. The molecule has 0 aliphatic rings. The van der Waals surface area contributed by atoms with Crippen LogP contribution >= 0.6 is 0 Å². The number of rotatable bonds is 7. The predicted octanol–water partition coefficient (Wildman–Crippen LogP) is 2.20. The highest BCUT2D eigenvalue weighted by atomic mass is 16.3. The van der Waals surface area contributed by atoms with Crippen LogP contribution in [0.4, 0.5) is 11.4 Å². The first-order chi connectivity index (χ1) is 9.85. The summed E-state index contributed by atoms with van der Waals surface area (Å²) in [6, 6.07) is 15.4. The molecule has 0 aliphatic heterocycles. The van der Waals surface area contributed by atoms with Crippen molar-refractivity contribution in [1.29, 1.82) is 0 Å². The Bertz CT molecular complexity index is 494. The lowest BCUT2D eigenvalue weighted by Crippen LogP contribution is -2.15. The molecule has 20 heavy (non-hydrogen) atoms. The van der Waals surface area contributed by atoms with E-state index in [0.29, 0.717) is 0 Å². The molecule has 0 saturated heterocycles. The monoisotopic (exact) mass is 272 g/mol. The second-order valence-corrected chi connectivity index (χ2v) is 4.48. The molecule has 2 rings (SSSR count). The van der Waals surface area contributed by atoms with Crippen LogP contribution < -0.4 is 10.6 Å². The summed E-state index contributed by atoms with van der Waals surface area (Å²) in [5.74, 6) is 0. The molecule has 4 nitrogen and oxygen atoms in total. The molecule has 0 amide bonds. The largest absolute Gasteiger partial charge is 0.392 e. The van der Waals surface area contributed by atoms with Crippen LogP contribution in [0, 0.1) is 0 Å². The molecule has 4 N–H and O–H groups in total. The second kappa shape index (κ2) is 7.53. The summed E-state index contributed by atoms with van der Waals surface area (Å²) in [4.78, 5) is 0. The minimum absolute atomic E-state index is 0.0317. The van der Waals surface area contributed by atoms with Gasteiger partial charge in [0, 0.05) is 35.6 Å². The van der Waals surface area contributed by atoms with Gasteiger partial charge in [-0.15, -0.1) is 0 Å². The number of nitrogens with one attached hydrogen (secondary N) is 2. The quantitative estimate of drug-likeness (QED) is 0.583. The summed E-state index contributed by atoms with van der Waals surface area (Å²) >= 11 is 0. The maximum Gasteiger partial charge on any atom is 0.0701 e. The first kappa shape index (κ1) is 14.4. The van der Waals surface area contributed by atoms with Crippen LogP contribution in [0.1, 0.15) is 11.1 Å². The number of aliphatic hydroxyl groups excluding tert-OH is 2. The van der Waals surface area contributed by atoms with Gasteiger partial charge in [-0.25, -0.2) is 0 Å². The van der Waals surface area contributed by atoms with E-state index in [-0.39, 0.29) is 13.2 Å². The van der Waals surface area contributed by atoms with Crippen molar-refractivity contribution in [3.63, 3.8) is 0 Å². The Hall–Kier alpha value is -2.04. The normalized spacial score (nSPS) is 10.3. The maximum atomic E-state index is 9.24. The number of benzene rings is 2. The van der Waals surface area contributed by atoms with E-state index in [4.69, 9.17) is 0 Å². The fourth-order valence-electron chi connectivity index (χ4n) is 2.06. The molecule has 0 bridgehead atoms. The molecule has 0 radical (unpaired) electrons. The van der Waals surface area contributed by atoms with Gasteiger partial charge >= 0.3 is 0 Å². The van der Waals surface area contributed by atoms with E-state index in [9.17, 15) is 10.2 Å². The van der Waals surface area contributed by atoms with Gasteiger partial charge in [0.1, 0.15) is 0 Å². The molecular formula is C16H20N2O2. The van der Waals surface area contributed by atoms with E-state index >= 15 is 0 Å². The molecule has 0 spiro atoms. The van der Waals surface area contributed by atoms with E-state index in [2.05, 4.69) is 10.6 Å². The van der Waals surface area contributed by atoms with Crippen LogP contribution in [0.15, 0.2) is 48.5 Å². The van der Waals surface area contributed by atoms with Gasteiger partial charge in [0.05, 0.1) is 13.2 Å². The van der Waals surface area contributed by atoms with Gasteiger partial charge in [0.15, 0.2) is 0 Å². The van der Waals surface area contributed by atoms with Crippen molar-refractivity contribution in [3.8, 4) is 0 Å². The zero-order valence-electron chi connectivity index (χ0n) is 11.3. The molecule has 0 aliphatic carbocycles. The first-order valence-electron chi connectivity index (χ1n) is 6.70. The lowest BCUT2D eigenvalue weighted by atomic mass is 10.2. The molecule has 2 aromatic carbocycles. The Morgan fingerprint density at radius 2 is 1.05 bits per heavy atom. The average molecular weight is 272 g/mol. The van der Waals surface area contributed by atoms with Crippen molar-refractivity contribution in [2.45, 2.75) is 13.2 Å². The molecular weight excluding hydrogens is 252 g/mol. The van der Waals surface area contributed by atoms with E-state index in [0.717, 1.165) is 35.6 Å². The van der Waals surface area contributed by atoms with Crippen LogP contribution in [-0.4, -0.2) is 23.3 Å². The van der Waals surface area contributed by atoms with Gasteiger partial charge in [-0.3, -0.25) is 0 Å². The van der Waals surface area contributed by atoms with Crippen LogP contribution in [0.5, 0.6) is 0 Å². The third kappa shape index (κ3) is 3.73. The Labute approximate surface area is 119 Å². The van der Waals surface area contributed by atoms with E-state index in [1.807, 2.05) is 48.5 Å². The van der Waals surface area contributed by atoms with Crippen LogP contribution in [0.25, 0.3) is 0 Å². The van der Waals surface area contributed by atoms with Crippen molar-refractivity contribution in [2.24, 2.45) is 0 Å². The van der Waals surface area contributed by atoms with Crippen molar-refractivity contribution in [1.82, 2.24) is 0 Å². The summed E-state index contributed by atoms with van der Waals surface area (Å²) in [6.07, 6.45) is 0. The van der Waals surface area contributed by atoms with Crippen LogP contribution in [-0.2, 0) is 13.2 Å². The summed E-state index contributed by atoms with van der Waals surface area (Å²) in [6.45, 7) is 1.53. The van der Waals surface area contributed by atoms with Gasteiger partial charge in [0.2, 0.25) is 0 Å². The number of aliphatic hydroxyl groups is 2. The SMILES string of the molecule is OCc1ccccc1NCCNc1ccccc1CO. The smallest absolute Gasteiger partial charge is 0.0701 e. The van der Waals surface area contributed by atoms with E-state index in [1.54, 1.807) is 0 Å². The third-order valence-corrected chi connectivity index (χ3v) is 3.13. The van der Waals surface area contributed by atoms with Crippen molar-refractivity contribution in [3.05, 3.63) is 59.7 Å². The van der Waals surface area contributed by atoms with Crippen molar-refractivity contribution < 1.29 is 10.2 Å². The molecule has 0 fully saturated rings. The number of para-hydroxylation sites is 2. The summed E-state index contributed by atoms with van der Waals surface area (Å²) in [5.41, 5.74) is 3.69. The van der Waals surface area contributed by atoms with Crippen molar-refractivity contribution >= 4 is 11.4 Å². The zero-order valence-corrected chi connectivity index (χ0v) is 11.3. The lowest BCUT2D eigenvalue weighted by Gasteiger charge is -2.13. The molecule has 2 aromatic rings. The van der Waals surface area contributed by atoms with Gasteiger partial charge in [0.25, 0.3) is 0 Å². The second-order valence-electron chi connectivity index (χ2n) is 4.48. The highest BCUT2D eigenvalue weighted by Gasteiger charge is 2.01. The highest BCUT2D eigenvalue weighted by Crippen LogP contribution is 2.15. The summed E-state index contributed by atoms with van der Waals surface area (Å²) in [7, 11) is 0. The van der Waals surface area contributed by atoms with Crippen LogP contribution in [0.3, 0.4) is 0 Å². The fraction of sp³-hybridized carbons (Fsp3) is 0.250. The van der Waals surface area contributed by atoms with Gasteiger partial charge < -0.3 is 20.8 Å². The van der Waals surface area contributed by atoms with Crippen LogP contribution in [0.2, 0.25) is 0 Å². The molecule has 0 heterocycles. The van der Waals surface area contributed by atoms with Gasteiger partial charge in [-0.05, 0) is 12.1 Å². The topological polar surface area (TPSA) is 64.5 Å². The van der Waals surface area contributed by atoms with E-state index in [1.165, 1.54) is 0 Å². The Kier molecular flexibility index (Phi) is 5.41. The molecule has 0 atom stereocenters. The molecule has 0 saturated carbocycles. The standard InChI is InChI=1S/C16H20N2O2/c19-11-13-5-1-3-7-15(13)17-9-10-18-16-8-4-2-6-14(16)12-20/h1-8,17-20H,9-12H2. The first-order valence-corrected chi connectivity index (χ1v) is 6.70. The maximum absolute atomic E-state index is 9.24. The minimum atomic E-state index is 0.0317. The van der Waals surface area contributed by atoms with Gasteiger partial charge in [-0.2, -0.15) is 0 Å². The Morgan fingerprint density at radius 3 is 1.45 bits per heavy atom. The Morgan fingerprint density at radius 1 is 0.650 bits per heavy atom. The lowest BCUT2D eigenvalue weighted by molar-refractivity contribution is 0.282. The number of hydrogen-bond acceptors (Lipinski definition) is 4. The third-order valence-electron chi connectivity index (χ3n) is 3.13.